The molecule has 3 aromatic heterocycles. The van der Waals surface area contributed by atoms with E-state index >= 15 is 0 Å². The van der Waals surface area contributed by atoms with Gasteiger partial charge in [0.15, 0.2) is 5.65 Å². The van der Waals surface area contributed by atoms with Crippen LogP contribution in [0.5, 0.6) is 0 Å². The lowest BCUT2D eigenvalue weighted by Crippen LogP contribution is -2.13. The van der Waals surface area contributed by atoms with E-state index in [9.17, 15) is 13.6 Å². The van der Waals surface area contributed by atoms with Crippen LogP contribution in [0.2, 0.25) is 0 Å². The Hall–Kier alpha value is -5.24. The number of pyridine rings is 1. The summed E-state index contributed by atoms with van der Waals surface area (Å²) in [6, 6.07) is 15.0. The average Bonchev–Trinajstić information content (AvgIpc) is 3.44. The highest BCUT2D eigenvalue weighted by molar-refractivity contribution is 5.91. The second-order valence-corrected chi connectivity index (χ2v) is 8.89. The zero-order chi connectivity index (χ0) is 28.0. The van der Waals surface area contributed by atoms with E-state index in [4.69, 9.17) is 5.26 Å². The van der Waals surface area contributed by atoms with Crippen LogP contribution in [0.1, 0.15) is 29.8 Å². The van der Waals surface area contributed by atoms with Crippen LogP contribution in [0, 0.1) is 23.0 Å². The number of aromatic nitrogens is 5. The Labute approximate surface area is 223 Å². The van der Waals surface area contributed by atoms with Crippen LogP contribution >= 0.6 is 0 Å². The molecule has 0 spiro atoms. The monoisotopic (exact) mass is 526 g/mol. The Morgan fingerprint density at radius 2 is 1.79 bits per heavy atom. The SMILES string of the molecule is CC(C)(C#N)c1cccc(C=O)c1.CNc1cc(Nc2ncccc2-c2ncnc3nc[nH]c23)c(F)cc1F. The topological polar surface area (TPSA) is 132 Å². The number of imidazole rings is 1. The molecule has 0 atom stereocenters. The van der Waals surface area contributed by atoms with Crippen molar-refractivity contribution in [1.29, 1.82) is 5.26 Å². The number of aromatic amines is 1. The van der Waals surface area contributed by atoms with Gasteiger partial charge in [0.2, 0.25) is 0 Å². The number of nitrogens with zero attached hydrogens (tertiary/aromatic N) is 5. The maximum Gasteiger partial charge on any atom is 0.181 e. The molecule has 0 fully saturated rings. The number of hydrogen-bond acceptors (Lipinski definition) is 8. The molecule has 0 aliphatic heterocycles. The highest BCUT2D eigenvalue weighted by Gasteiger charge is 2.19. The van der Waals surface area contributed by atoms with E-state index in [1.54, 1.807) is 43.6 Å². The average molecular weight is 527 g/mol. The second-order valence-electron chi connectivity index (χ2n) is 8.89. The van der Waals surface area contributed by atoms with Gasteiger partial charge in [-0.15, -0.1) is 0 Å². The normalized spacial score (nSPS) is 10.8. The molecule has 3 heterocycles. The first-order chi connectivity index (χ1) is 18.8. The van der Waals surface area contributed by atoms with Gasteiger partial charge in [-0.25, -0.2) is 28.7 Å². The van der Waals surface area contributed by atoms with Crippen LogP contribution in [0.25, 0.3) is 22.4 Å². The van der Waals surface area contributed by atoms with E-state index in [2.05, 4.69) is 41.6 Å². The molecule has 3 N–H and O–H groups in total. The number of anilines is 3. The van der Waals surface area contributed by atoms with Gasteiger partial charge < -0.3 is 15.6 Å². The van der Waals surface area contributed by atoms with E-state index in [0.29, 0.717) is 33.8 Å². The number of benzene rings is 2. The number of nitriles is 1. The molecule has 11 heteroatoms. The molecule has 9 nitrogen and oxygen atoms in total. The summed E-state index contributed by atoms with van der Waals surface area (Å²) in [7, 11) is 1.56. The van der Waals surface area contributed by atoms with Gasteiger partial charge in [0, 0.05) is 30.4 Å². The number of fused-ring (bicyclic) bond motifs is 1. The van der Waals surface area contributed by atoms with Crippen molar-refractivity contribution >= 4 is 34.6 Å². The summed E-state index contributed by atoms with van der Waals surface area (Å²) in [5.41, 5.74) is 3.56. The number of halogens is 2. The van der Waals surface area contributed by atoms with Crippen molar-refractivity contribution in [1.82, 2.24) is 24.9 Å². The van der Waals surface area contributed by atoms with Crippen molar-refractivity contribution in [3.8, 4) is 17.3 Å². The maximum absolute atomic E-state index is 14.2. The van der Waals surface area contributed by atoms with Crippen molar-refractivity contribution < 1.29 is 13.6 Å². The number of aldehydes is 1. The van der Waals surface area contributed by atoms with Gasteiger partial charge in [-0.2, -0.15) is 5.26 Å². The Morgan fingerprint density at radius 3 is 2.54 bits per heavy atom. The number of nitrogens with one attached hydrogen (secondary N) is 3. The predicted molar refractivity (Wildman–Crippen MR) is 145 cm³/mol. The molecule has 2 aromatic carbocycles. The molecule has 39 heavy (non-hydrogen) atoms. The number of carbonyl (C=O) groups is 1. The molecular weight excluding hydrogens is 502 g/mol. The highest BCUT2D eigenvalue weighted by Crippen LogP contribution is 2.32. The molecule has 0 saturated carbocycles. The van der Waals surface area contributed by atoms with E-state index in [0.717, 1.165) is 17.9 Å². The number of rotatable bonds is 6. The maximum atomic E-state index is 14.2. The van der Waals surface area contributed by atoms with Crippen LogP contribution in [0.15, 0.2) is 67.4 Å². The van der Waals surface area contributed by atoms with Gasteiger partial charge in [0.25, 0.3) is 0 Å². The quantitative estimate of drug-likeness (QED) is 0.237. The van der Waals surface area contributed by atoms with Crippen molar-refractivity contribution in [2.45, 2.75) is 19.3 Å². The first-order valence-corrected chi connectivity index (χ1v) is 11.8. The summed E-state index contributed by atoms with van der Waals surface area (Å²) in [5.74, 6) is -1.03. The largest absolute Gasteiger partial charge is 0.386 e. The molecular formula is C28H24F2N8O. The van der Waals surface area contributed by atoms with Gasteiger partial charge in [-0.1, -0.05) is 18.2 Å². The van der Waals surface area contributed by atoms with Crippen LogP contribution in [-0.4, -0.2) is 38.3 Å². The third-order valence-electron chi connectivity index (χ3n) is 5.89. The molecule has 0 unspecified atom stereocenters. The van der Waals surface area contributed by atoms with Gasteiger partial charge in [0.05, 0.1) is 29.2 Å². The summed E-state index contributed by atoms with van der Waals surface area (Å²) in [6.07, 6.45) is 5.27. The van der Waals surface area contributed by atoms with Crippen molar-refractivity contribution in [3.05, 3.63) is 90.1 Å². The first-order valence-electron chi connectivity index (χ1n) is 11.8. The van der Waals surface area contributed by atoms with Crippen molar-refractivity contribution in [2.75, 3.05) is 17.7 Å². The summed E-state index contributed by atoms with van der Waals surface area (Å²) in [4.78, 5) is 30.2. The smallest absolute Gasteiger partial charge is 0.181 e. The second kappa shape index (κ2) is 11.4. The lowest BCUT2D eigenvalue weighted by molar-refractivity contribution is 0.112. The third-order valence-corrected chi connectivity index (χ3v) is 5.89. The van der Waals surface area contributed by atoms with Crippen molar-refractivity contribution in [2.24, 2.45) is 0 Å². The first kappa shape index (κ1) is 26.8. The van der Waals surface area contributed by atoms with Gasteiger partial charge in [-0.3, -0.25) is 4.79 Å². The van der Waals surface area contributed by atoms with E-state index < -0.39 is 17.0 Å². The molecule has 0 aliphatic carbocycles. The van der Waals surface area contributed by atoms with Gasteiger partial charge in [-0.05, 0) is 43.7 Å². The van der Waals surface area contributed by atoms with Crippen LogP contribution in [0.4, 0.5) is 26.0 Å². The van der Waals surface area contributed by atoms with Gasteiger partial charge >= 0.3 is 0 Å². The Balaban J connectivity index is 0.000000229. The van der Waals surface area contributed by atoms with Crippen LogP contribution < -0.4 is 10.6 Å². The Bertz CT molecular complexity index is 1680. The summed E-state index contributed by atoms with van der Waals surface area (Å²) in [5, 5.41) is 14.5. The highest BCUT2D eigenvalue weighted by atomic mass is 19.1. The number of carbonyl (C=O) groups excluding carboxylic acids is 1. The van der Waals surface area contributed by atoms with Crippen molar-refractivity contribution in [3.63, 3.8) is 0 Å². The predicted octanol–water partition coefficient (Wildman–Crippen LogP) is 5.78. The zero-order valence-electron chi connectivity index (χ0n) is 21.3. The summed E-state index contributed by atoms with van der Waals surface area (Å²) < 4.78 is 27.9. The van der Waals surface area contributed by atoms with E-state index in [1.165, 1.54) is 18.7 Å². The lowest BCUT2D eigenvalue weighted by atomic mass is 9.86. The van der Waals surface area contributed by atoms with Crippen LogP contribution in [-0.2, 0) is 5.41 Å². The minimum atomic E-state index is -0.729. The van der Waals surface area contributed by atoms with Crippen LogP contribution in [0.3, 0.4) is 0 Å². The number of H-pyrrole nitrogens is 1. The minimum Gasteiger partial charge on any atom is -0.386 e. The summed E-state index contributed by atoms with van der Waals surface area (Å²) >= 11 is 0. The zero-order valence-corrected chi connectivity index (χ0v) is 21.3. The number of hydrogen-bond donors (Lipinski definition) is 3. The third kappa shape index (κ3) is 5.86. The molecule has 5 aromatic rings. The van der Waals surface area contributed by atoms with E-state index in [-0.39, 0.29) is 11.4 Å². The fourth-order valence-corrected chi connectivity index (χ4v) is 3.69. The fourth-order valence-electron chi connectivity index (χ4n) is 3.69. The standard InChI is InChI=1S/C17H13F2N7.C11H11NO/c1-20-12-6-13(11(19)5-10(12)18)26-16-9(3-2-4-21-16)14-15-17(24-7-22-14)25-8-23-15;1-11(2,8-12)10-5-3-4-9(6-10)7-13/h2-8,20H,1H3,(H,21,26)(H,22,23,24,25);3-7H,1-2H3. The summed E-state index contributed by atoms with van der Waals surface area (Å²) in [6.45, 7) is 3.66. The molecule has 5 rings (SSSR count). The van der Waals surface area contributed by atoms with Gasteiger partial charge in [0.1, 0.15) is 41.3 Å². The fraction of sp³-hybridized carbons (Fsp3) is 0.143. The Kier molecular flexibility index (Phi) is 7.86. The van der Waals surface area contributed by atoms with E-state index in [1.807, 2.05) is 19.9 Å². The molecule has 0 bridgehead atoms. The molecule has 0 saturated heterocycles. The molecule has 0 amide bonds. The molecule has 0 radical (unpaired) electrons. The molecule has 0 aliphatic rings. The lowest BCUT2D eigenvalue weighted by Gasteiger charge is -2.15. The minimum absolute atomic E-state index is 0.0885. The Morgan fingerprint density at radius 1 is 1.00 bits per heavy atom. The molecule has 196 valence electrons.